The molecule has 1 N–H and O–H groups in total. The molecule has 0 aliphatic carbocycles. The van der Waals surface area contributed by atoms with Crippen LogP contribution in [0.2, 0.25) is 25.7 Å². The van der Waals surface area contributed by atoms with E-state index in [4.69, 9.17) is 23.7 Å². The lowest BCUT2D eigenvalue weighted by Gasteiger charge is -2.32. The zero-order valence-corrected chi connectivity index (χ0v) is 24.1. The second-order valence-electron chi connectivity index (χ2n) is 11.0. The molecule has 0 bridgehead atoms. The maximum atomic E-state index is 13.0. The molecule has 0 spiro atoms. The highest BCUT2D eigenvalue weighted by molar-refractivity contribution is 6.76. The van der Waals surface area contributed by atoms with Gasteiger partial charge in [0, 0.05) is 20.2 Å². The summed E-state index contributed by atoms with van der Waals surface area (Å²) in [4.78, 5) is 25.6. The van der Waals surface area contributed by atoms with Gasteiger partial charge in [0.25, 0.3) is 11.9 Å². The normalized spacial score (nSPS) is 15.5. The fraction of sp³-hybridized carbons (Fsp3) is 0.429. The highest BCUT2D eigenvalue weighted by Crippen LogP contribution is 2.39. The summed E-state index contributed by atoms with van der Waals surface area (Å²) >= 11 is 0. The highest BCUT2D eigenvalue weighted by Gasteiger charge is 2.36. The molecule has 0 aromatic heterocycles. The first-order chi connectivity index (χ1) is 17.3. The molecule has 1 aliphatic rings. The van der Waals surface area contributed by atoms with Crippen molar-refractivity contribution in [3.05, 3.63) is 53.5 Å². The predicted molar refractivity (Wildman–Crippen MR) is 146 cm³/mol. The minimum absolute atomic E-state index is 0.0315. The molecule has 9 heteroatoms. The molecule has 0 saturated heterocycles. The number of anilines is 1. The van der Waals surface area contributed by atoms with Gasteiger partial charge in [0.1, 0.15) is 28.7 Å². The lowest BCUT2D eigenvalue weighted by atomic mass is 9.86. The number of aryl methyl sites for hydroxylation is 1. The maximum absolute atomic E-state index is 13.0. The quantitative estimate of drug-likeness (QED) is 0.324. The van der Waals surface area contributed by atoms with Gasteiger partial charge in [0.2, 0.25) is 11.9 Å². The van der Waals surface area contributed by atoms with Gasteiger partial charge in [-0.05, 0) is 35.6 Å². The smallest absolute Gasteiger partial charge is 0.289 e. The molecular weight excluding hydrogens is 490 g/mol. The molecule has 8 nitrogen and oxygen atoms in total. The highest BCUT2D eigenvalue weighted by atomic mass is 28.3. The molecule has 37 heavy (non-hydrogen) atoms. The first kappa shape index (κ1) is 28.1. The molecule has 1 aliphatic heterocycles. The molecular formula is C28H37NO7Si. The third-order valence-corrected chi connectivity index (χ3v) is 8.04. The number of amides is 1. The summed E-state index contributed by atoms with van der Waals surface area (Å²) in [5.74, 6) is 0.440. The van der Waals surface area contributed by atoms with E-state index in [1.54, 1.807) is 12.1 Å². The Morgan fingerprint density at radius 3 is 2.14 bits per heavy atom. The molecule has 0 fully saturated rings. The van der Waals surface area contributed by atoms with Crippen LogP contribution in [0.4, 0.5) is 5.69 Å². The summed E-state index contributed by atoms with van der Waals surface area (Å²) in [5, 5.41) is 2.67. The monoisotopic (exact) mass is 527 g/mol. The van der Waals surface area contributed by atoms with Crippen molar-refractivity contribution in [2.75, 3.05) is 26.6 Å². The standard InChI is InChI=1S/C28H37NO7Si/c1-17-12-18(28(2,3)16-37(7,8)9)10-11-21(17)35-24-15-20(30)26(36-24)27(31)29-25-22(33-5)13-19(32-4)14-23(25)34-6/h10-15,26H,16H2,1-9H3,(H,29,31). The molecule has 2 aromatic carbocycles. The van der Waals surface area contributed by atoms with Crippen LogP contribution >= 0.6 is 0 Å². The topological polar surface area (TPSA) is 92.3 Å². The molecule has 1 atom stereocenters. The van der Waals surface area contributed by atoms with Crippen molar-refractivity contribution in [1.29, 1.82) is 0 Å². The number of rotatable bonds is 10. The Kier molecular flexibility index (Phi) is 8.27. The lowest BCUT2D eigenvalue weighted by molar-refractivity contribution is -0.134. The number of nitrogens with one attached hydrogen (secondary N) is 1. The van der Waals surface area contributed by atoms with E-state index >= 15 is 0 Å². The second kappa shape index (κ2) is 10.9. The van der Waals surface area contributed by atoms with Crippen molar-refractivity contribution in [1.82, 2.24) is 0 Å². The summed E-state index contributed by atoms with van der Waals surface area (Å²) in [7, 11) is 3.15. The predicted octanol–water partition coefficient (Wildman–Crippen LogP) is 5.46. The van der Waals surface area contributed by atoms with Gasteiger partial charge in [-0.25, -0.2) is 0 Å². The molecule has 3 rings (SSSR count). The Balaban J connectivity index is 1.73. The van der Waals surface area contributed by atoms with Gasteiger partial charge < -0.3 is 29.0 Å². The zero-order chi connectivity index (χ0) is 27.5. The van der Waals surface area contributed by atoms with Crippen LogP contribution in [0.5, 0.6) is 23.0 Å². The van der Waals surface area contributed by atoms with Gasteiger partial charge in [0.05, 0.1) is 27.4 Å². The Hall–Kier alpha value is -3.46. The minimum atomic E-state index is -1.40. The maximum Gasteiger partial charge on any atom is 0.289 e. The van der Waals surface area contributed by atoms with Gasteiger partial charge in [-0.15, -0.1) is 0 Å². The molecule has 0 saturated carbocycles. The summed E-state index contributed by atoms with van der Waals surface area (Å²) in [5.41, 5.74) is 2.45. The van der Waals surface area contributed by atoms with E-state index in [1.807, 2.05) is 19.1 Å². The van der Waals surface area contributed by atoms with Crippen LogP contribution in [-0.2, 0) is 19.7 Å². The fourth-order valence-electron chi connectivity index (χ4n) is 4.68. The Labute approximate surface area is 219 Å². The van der Waals surface area contributed by atoms with E-state index in [0.29, 0.717) is 23.0 Å². The first-order valence-corrected chi connectivity index (χ1v) is 15.8. The number of ether oxygens (including phenoxy) is 5. The van der Waals surface area contributed by atoms with Gasteiger partial charge in [-0.3, -0.25) is 9.59 Å². The number of carbonyl (C=O) groups excluding carboxylic acids is 2. The van der Waals surface area contributed by atoms with Gasteiger partial charge >= 0.3 is 0 Å². The number of carbonyl (C=O) groups is 2. The van der Waals surface area contributed by atoms with E-state index in [9.17, 15) is 9.59 Å². The van der Waals surface area contributed by atoms with E-state index in [1.165, 1.54) is 33.0 Å². The summed E-state index contributed by atoms with van der Waals surface area (Å²) in [6, 6.07) is 10.4. The van der Waals surface area contributed by atoms with Crippen molar-refractivity contribution >= 4 is 25.5 Å². The molecule has 1 unspecified atom stereocenters. The van der Waals surface area contributed by atoms with Crippen molar-refractivity contribution in [3.63, 3.8) is 0 Å². The molecule has 0 radical (unpaired) electrons. The van der Waals surface area contributed by atoms with Crippen LogP contribution in [0.1, 0.15) is 25.0 Å². The Morgan fingerprint density at radius 2 is 1.62 bits per heavy atom. The fourth-order valence-corrected chi connectivity index (χ4v) is 7.53. The average molecular weight is 528 g/mol. The van der Waals surface area contributed by atoms with Gasteiger partial charge in [-0.2, -0.15) is 0 Å². The largest absolute Gasteiger partial charge is 0.496 e. The summed E-state index contributed by atoms with van der Waals surface area (Å²) in [6.45, 7) is 13.6. The van der Waals surface area contributed by atoms with Crippen molar-refractivity contribution < 1.29 is 33.3 Å². The van der Waals surface area contributed by atoms with Gasteiger partial charge in [0.15, 0.2) is 0 Å². The Bertz CT molecular complexity index is 1190. The first-order valence-electron chi connectivity index (χ1n) is 12.1. The number of methoxy groups -OCH3 is 3. The van der Waals surface area contributed by atoms with Crippen LogP contribution in [0.15, 0.2) is 42.4 Å². The number of ketones is 1. The van der Waals surface area contributed by atoms with Crippen molar-refractivity contribution in [2.45, 2.75) is 58.0 Å². The number of benzene rings is 2. The molecule has 1 heterocycles. The van der Waals surface area contributed by atoms with Crippen LogP contribution < -0.4 is 24.3 Å². The van der Waals surface area contributed by atoms with Crippen molar-refractivity contribution in [3.8, 4) is 23.0 Å². The molecule has 1 amide bonds. The zero-order valence-electron chi connectivity index (χ0n) is 23.1. The van der Waals surface area contributed by atoms with Crippen LogP contribution in [0.25, 0.3) is 0 Å². The third kappa shape index (κ3) is 6.65. The van der Waals surface area contributed by atoms with Crippen LogP contribution in [0.3, 0.4) is 0 Å². The molecule has 200 valence electrons. The Morgan fingerprint density at radius 1 is 1.00 bits per heavy atom. The summed E-state index contributed by atoms with van der Waals surface area (Å²) in [6.07, 6.45) is -0.211. The molecule has 2 aromatic rings. The minimum Gasteiger partial charge on any atom is -0.496 e. The third-order valence-electron chi connectivity index (χ3n) is 6.09. The van der Waals surface area contributed by atoms with Crippen molar-refractivity contribution in [2.24, 2.45) is 0 Å². The van der Waals surface area contributed by atoms with E-state index in [0.717, 1.165) is 11.6 Å². The summed E-state index contributed by atoms with van der Waals surface area (Å²) < 4.78 is 27.4. The second-order valence-corrected chi connectivity index (χ2v) is 16.4. The van der Waals surface area contributed by atoms with E-state index < -0.39 is 25.9 Å². The van der Waals surface area contributed by atoms with E-state index in [2.05, 4.69) is 44.9 Å². The SMILES string of the molecule is COc1cc(OC)c(NC(=O)C2OC(Oc3ccc(C(C)(C)C[Si](C)(C)C)cc3C)=CC2=O)c(OC)c1. The number of hydrogen-bond donors (Lipinski definition) is 1. The lowest BCUT2D eigenvalue weighted by Crippen LogP contribution is -2.33. The van der Waals surface area contributed by atoms with E-state index in [-0.39, 0.29) is 17.0 Å². The van der Waals surface area contributed by atoms with Gasteiger partial charge in [-0.1, -0.05) is 45.6 Å². The van der Waals surface area contributed by atoms with Crippen LogP contribution in [0, 0.1) is 6.92 Å². The number of hydrogen-bond acceptors (Lipinski definition) is 7. The average Bonchev–Trinajstić information content (AvgIpc) is 3.18. The van der Waals surface area contributed by atoms with Crippen LogP contribution in [-0.4, -0.2) is 47.2 Å².